The largest absolute Gasteiger partial charge is 0.235 e. The molecule has 0 aliphatic rings. The van der Waals surface area contributed by atoms with E-state index in [0.29, 0.717) is 0 Å². The van der Waals surface area contributed by atoms with Crippen molar-refractivity contribution in [2.45, 2.75) is 20.0 Å². The van der Waals surface area contributed by atoms with Crippen LogP contribution >= 0.6 is 0 Å². The first-order chi connectivity index (χ1) is 7.29. The highest BCUT2D eigenvalue weighted by molar-refractivity contribution is 5.39. The molecule has 4 nitrogen and oxygen atoms in total. The number of nitrogens with zero attached hydrogens (tertiary/aromatic N) is 2. The molecule has 0 N–H and O–H groups in total. The van der Waals surface area contributed by atoms with Crippen LogP contribution in [0.4, 0.5) is 0 Å². The molecule has 0 aromatic heterocycles. The van der Waals surface area contributed by atoms with Crippen LogP contribution in [0, 0.1) is 6.92 Å². The summed E-state index contributed by atoms with van der Waals surface area (Å²) in [5, 5.41) is 0. The SMILES string of the molecule is Cc1cccc(CN=C=O)c1CN=C=O. The molecule has 0 fully saturated rings. The van der Waals surface area contributed by atoms with E-state index in [4.69, 9.17) is 0 Å². The Bertz CT molecular complexity index is 442. The van der Waals surface area contributed by atoms with E-state index in [-0.39, 0.29) is 13.1 Å². The van der Waals surface area contributed by atoms with E-state index in [1.807, 2.05) is 25.1 Å². The van der Waals surface area contributed by atoms with Crippen LogP contribution in [0.5, 0.6) is 0 Å². The van der Waals surface area contributed by atoms with E-state index < -0.39 is 0 Å². The van der Waals surface area contributed by atoms with Crippen LogP contribution in [0.15, 0.2) is 28.2 Å². The van der Waals surface area contributed by atoms with Crippen LogP contribution in [-0.4, -0.2) is 12.2 Å². The summed E-state index contributed by atoms with van der Waals surface area (Å²) in [7, 11) is 0. The van der Waals surface area contributed by atoms with Crippen molar-refractivity contribution in [2.75, 3.05) is 0 Å². The molecule has 0 heterocycles. The van der Waals surface area contributed by atoms with E-state index in [1.54, 1.807) is 0 Å². The van der Waals surface area contributed by atoms with Crippen molar-refractivity contribution in [3.63, 3.8) is 0 Å². The first kappa shape index (κ1) is 11.1. The molecule has 0 unspecified atom stereocenters. The van der Waals surface area contributed by atoms with Crippen LogP contribution in [0.1, 0.15) is 16.7 Å². The molecule has 0 amide bonds. The van der Waals surface area contributed by atoms with E-state index in [1.165, 1.54) is 12.2 Å². The number of aryl methyl sites for hydroxylation is 1. The van der Waals surface area contributed by atoms with Gasteiger partial charge in [0.2, 0.25) is 12.2 Å². The molecule has 0 radical (unpaired) electrons. The highest BCUT2D eigenvalue weighted by Crippen LogP contribution is 2.16. The van der Waals surface area contributed by atoms with Gasteiger partial charge in [-0.3, -0.25) is 0 Å². The lowest BCUT2D eigenvalue weighted by Crippen LogP contribution is -1.95. The van der Waals surface area contributed by atoms with Crippen molar-refractivity contribution in [1.82, 2.24) is 0 Å². The Labute approximate surface area is 87.4 Å². The molecule has 0 aliphatic heterocycles. The fourth-order valence-electron chi connectivity index (χ4n) is 1.37. The summed E-state index contributed by atoms with van der Waals surface area (Å²) in [6.45, 7) is 2.47. The highest BCUT2D eigenvalue weighted by atomic mass is 16.1. The van der Waals surface area contributed by atoms with Gasteiger partial charge in [-0.2, -0.15) is 0 Å². The van der Waals surface area contributed by atoms with Gasteiger partial charge in [-0.15, -0.1) is 0 Å². The number of hydrogen-bond donors (Lipinski definition) is 0. The number of hydrogen-bond acceptors (Lipinski definition) is 4. The number of carbonyl (C=O) groups excluding carboxylic acids is 2. The molecule has 1 rings (SSSR count). The second-order valence-corrected chi connectivity index (χ2v) is 3.03. The normalized spacial score (nSPS) is 8.87. The predicted octanol–water partition coefficient (Wildman–Crippen LogP) is 1.67. The molecule has 15 heavy (non-hydrogen) atoms. The molecular formula is C11H10N2O2. The van der Waals surface area contributed by atoms with Crippen molar-refractivity contribution in [3.8, 4) is 0 Å². The second kappa shape index (κ2) is 5.66. The summed E-state index contributed by atoms with van der Waals surface area (Å²) in [6, 6.07) is 5.65. The molecule has 0 atom stereocenters. The summed E-state index contributed by atoms with van der Waals surface area (Å²) < 4.78 is 0. The van der Waals surface area contributed by atoms with Gasteiger partial charge in [-0.25, -0.2) is 19.6 Å². The van der Waals surface area contributed by atoms with Crippen LogP contribution in [0.2, 0.25) is 0 Å². The smallest absolute Gasteiger partial charge is 0.211 e. The van der Waals surface area contributed by atoms with Crippen LogP contribution < -0.4 is 0 Å². The summed E-state index contributed by atoms with van der Waals surface area (Å²) in [5.41, 5.74) is 2.82. The zero-order valence-corrected chi connectivity index (χ0v) is 8.36. The molecule has 0 aliphatic carbocycles. The maximum atomic E-state index is 10.0. The zero-order valence-electron chi connectivity index (χ0n) is 8.36. The summed E-state index contributed by atoms with van der Waals surface area (Å²) in [6.07, 6.45) is 2.98. The predicted molar refractivity (Wildman–Crippen MR) is 54.8 cm³/mol. The molecule has 1 aromatic carbocycles. The molecule has 76 valence electrons. The topological polar surface area (TPSA) is 58.9 Å². The van der Waals surface area contributed by atoms with Crippen molar-refractivity contribution < 1.29 is 9.59 Å². The fourth-order valence-corrected chi connectivity index (χ4v) is 1.37. The van der Waals surface area contributed by atoms with Gasteiger partial charge in [0.25, 0.3) is 0 Å². The molecular weight excluding hydrogens is 192 g/mol. The molecule has 1 aromatic rings. The van der Waals surface area contributed by atoms with E-state index >= 15 is 0 Å². The van der Waals surface area contributed by atoms with Crippen molar-refractivity contribution in [2.24, 2.45) is 9.98 Å². The van der Waals surface area contributed by atoms with Crippen molar-refractivity contribution in [1.29, 1.82) is 0 Å². The average Bonchev–Trinajstić information content (AvgIpc) is 2.25. The third-order valence-corrected chi connectivity index (χ3v) is 2.12. The van der Waals surface area contributed by atoms with Gasteiger partial charge in [0, 0.05) is 0 Å². The second-order valence-electron chi connectivity index (χ2n) is 3.03. The molecule has 0 saturated heterocycles. The number of rotatable bonds is 4. The maximum Gasteiger partial charge on any atom is 0.235 e. The van der Waals surface area contributed by atoms with E-state index in [2.05, 4.69) is 9.98 Å². The lowest BCUT2D eigenvalue weighted by molar-refractivity contribution is 0.561. The lowest BCUT2D eigenvalue weighted by atomic mass is 10.0. The van der Waals surface area contributed by atoms with Gasteiger partial charge < -0.3 is 0 Å². The minimum absolute atomic E-state index is 0.273. The Balaban J connectivity index is 3.06. The van der Waals surface area contributed by atoms with Crippen molar-refractivity contribution >= 4 is 12.2 Å². The lowest BCUT2D eigenvalue weighted by Gasteiger charge is -2.06. The third-order valence-electron chi connectivity index (χ3n) is 2.12. The van der Waals surface area contributed by atoms with Gasteiger partial charge in [-0.05, 0) is 23.6 Å². The summed E-state index contributed by atoms with van der Waals surface area (Å²) >= 11 is 0. The fraction of sp³-hybridized carbons (Fsp3) is 0.273. The number of isocyanates is 2. The van der Waals surface area contributed by atoms with Gasteiger partial charge in [0.05, 0.1) is 13.1 Å². The Kier molecular flexibility index (Phi) is 4.17. The van der Waals surface area contributed by atoms with Crippen molar-refractivity contribution in [3.05, 3.63) is 34.9 Å². The summed E-state index contributed by atoms with van der Waals surface area (Å²) in [5.74, 6) is 0. The summed E-state index contributed by atoms with van der Waals surface area (Å²) in [4.78, 5) is 27.1. The standard InChI is InChI=1S/C11H10N2O2/c1-9-3-2-4-10(5-12-7-14)11(9)6-13-8-15/h2-4H,5-6H2,1H3. The molecule has 0 saturated carbocycles. The minimum Gasteiger partial charge on any atom is -0.211 e. The van der Waals surface area contributed by atoms with Crippen LogP contribution in [0.3, 0.4) is 0 Å². The first-order valence-corrected chi connectivity index (χ1v) is 4.44. The van der Waals surface area contributed by atoms with Gasteiger partial charge in [0.1, 0.15) is 0 Å². The average molecular weight is 202 g/mol. The third kappa shape index (κ3) is 2.99. The zero-order chi connectivity index (χ0) is 11.1. The number of benzene rings is 1. The van der Waals surface area contributed by atoms with Crippen LogP contribution in [0.25, 0.3) is 0 Å². The maximum absolute atomic E-state index is 10.0. The van der Waals surface area contributed by atoms with E-state index in [9.17, 15) is 9.59 Å². The Morgan fingerprint density at radius 3 is 2.47 bits per heavy atom. The Morgan fingerprint density at radius 1 is 1.13 bits per heavy atom. The minimum atomic E-state index is 0.273. The monoisotopic (exact) mass is 202 g/mol. The number of aliphatic imine (C=N–C) groups is 2. The van der Waals surface area contributed by atoms with Crippen LogP contribution in [-0.2, 0) is 22.7 Å². The van der Waals surface area contributed by atoms with Gasteiger partial charge >= 0.3 is 0 Å². The Morgan fingerprint density at radius 2 is 1.80 bits per heavy atom. The van der Waals surface area contributed by atoms with Gasteiger partial charge in [0.15, 0.2) is 0 Å². The first-order valence-electron chi connectivity index (χ1n) is 4.44. The molecule has 0 spiro atoms. The quantitative estimate of drug-likeness (QED) is 0.550. The van der Waals surface area contributed by atoms with E-state index in [0.717, 1.165) is 16.7 Å². The molecule has 4 heteroatoms. The Hall–Kier alpha value is -2.02. The highest BCUT2D eigenvalue weighted by Gasteiger charge is 2.03. The van der Waals surface area contributed by atoms with Gasteiger partial charge in [-0.1, -0.05) is 18.2 Å². The molecule has 0 bridgehead atoms.